The van der Waals surface area contributed by atoms with Gasteiger partial charge >= 0.3 is 0 Å². The summed E-state index contributed by atoms with van der Waals surface area (Å²) in [5.74, 6) is -0.261. The Labute approximate surface area is 151 Å². The number of allylic oxidation sites excluding steroid dienone is 2. The number of rotatable bonds is 4. The van der Waals surface area contributed by atoms with Crippen LogP contribution in [0.15, 0.2) is 82.6 Å². The molecule has 8 heteroatoms. The highest BCUT2D eigenvalue weighted by atomic mass is 32.3. The van der Waals surface area contributed by atoms with Crippen LogP contribution in [0, 0.1) is 0 Å². The number of phenolic OH excluding ortho intramolecular Hbond substituents is 2. The molecular weight excluding hydrogens is 376 g/mol. The molecule has 2 aromatic carbocycles. The summed E-state index contributed by atoms with van der Waals surface area (Å²) in [5, 5.41) is 18.8. The average Bonchev–Trinajstić information content (AvgIpc) is 2.63. The molecular formula is C18H16O6S2. The van der Waals surface area contributed by atoms with E-state index in [-0.39, 0.29) is 21.3 Å². The van der Waals surface area contributed by atoms with Crippen molar-refractivity contribution < 1.29 is 27.0 Å². The van der Waals surface area contributed by atoms with E-state index >= 15 is 0 Å². The van der Waals surface area contributed by atoms with E-state index in [2.05, 4.69) is 0 Å². The summed E-state index contributed by atoms with van der Waals surface area (Å²) in [4.78, 5) is -0.456. The van der Waals surface area contributed by atoms with Crippen LogP contribution in [0.5, 0.6) is 11.5 Å². The van der Waals surface area contributed by atoms with E-state index in [1.807, 2.05) is 0 Å². The molecule has 2 aromatic rings. The lowest BCUT2D eigenvalue weighted by molar-refractivity contribution is 0.474. The van der Waals surface area contributed by atoms with Gasteiger partial charge in [0, 0.05) is 0 Å². The fourth-order valence-corrected chi connectivity index (χ4v) is 7.28. The smallest absolute Gasteiger partial charge is 0.218 e. The Kier molecular flexibility index (Phi) is 4.41. The van der Waals surface area contributed by atoms with Gasteiger partial charge in [0.2, 0.25) is 23.8 Å². The lowest BCUT2D eigenvalue weighted by Crippen LogP contribution is -2.43. The molecule has 2 N–H and O–H groups in total. The van der Waals surface area contributed by atoms with E-state index in [9.17, 15) is 27.0 Å². The van der Waals surface area contributed by atoms with Crippen molar-refractivity contribution in [1.29, 1.82) is 0 Å². The maximum absolute atomic E-state index is 13.3. The molecule has 0 bridgehead atoms. The SMILES string of the molecule is O=S(=O)(c1ccc(O)cc1)C1(S(=O)(=O)c2ccc(O)cc2)C=CCC=C1. The van der Waals surface area contributed by atoms with Gasteiger partial charge in [0.05, 0.1) is 9.79 Å². The third-order valence-corrected chi connectivity index (χ3v) is 9.43. The molecule has 0 saturated heterocycles. The molecule has 0 radical (unpaired) electrons. The molecule has 1 aliphatic carbocycles. The van der Waals surface area contributed by atoms with Crippen LogP contribution in [-0.4, -0.2) is 31.1 Å². The number of hydrogen-bond donors (Lipinski definition) is 2. The first-order valence-corrected chi connectivity index (χ1v) is 10.6. The van der Waals surface area contributed by atoms with Crippen molar-refractivity contribution in [3.63, 3.8) is 0 Å². The average molecular weight is 392 g/mol. The number of aromatic hydroxyl groups is 2. The molecule has 136 valence electrons. The highest BCUT2D eigenvalue weighted by Crippen LogP contribution is 2.40. The lowest BCUT2D eigenvalue weighted by Gasteiger charge is -2.29. The molecule has 0 aliphatic heterocycles. The van der Waals surface area contributed by atoms with Gasteiger partial charge in [-0.25, -0.2) is 16.8 Å². The summed E-state index contributed by atoms with van der Waals surface area (Å²) >= 11 is 0. The second-order valence-electron chi connectivity index (χ2n) is 5.76. The highest BCUT2D eigenvalue weighted by Gasteiger charge is 2.53. The Balaban J connectivity index is 2.27. The van der Waals surface area contributed by atoms with Crippen LogP contribution < -0.4 is 0 Å². The first-order chi connectivity index (χ1) is 12.2. The van der Waals surface area contributed by atoms with E-state index < -0.39 is 23.8 Å². The topological polar surface area (TPSA) is 109 Å². The van der Waals surface area contributed by atoms with Crippen LogP contribution in [0.3, 0.4) is 0 Å². The van der Waals surface area contributed by atoms with Crippen molar-refractivity contribution in [1.82, 2.24) is 0 Å². The minimum Gasteiger partial charge on any atom is -0.508 e. The van der Waals surface area contributed by atoms with Gasteiger partial charge in [0.1, 0.15) is 11.5 Å². The molecule has 0 amide bonds. The Hall–Kier alpha value is -2.58. The van der Waals surface area contributed by atoms with Gasteiger partial charge in [-0.15, -0.1) is 0 Å². The van der Waals surface area contributed by atoms with Gasteiger partial charge in [-0.05, 0) is 67.1 Å². The Bertz CT molecular complexity index is 988. The van der Waals surface area contributed by atoms with Gasteiger partial charge in [-0.3, -0.25) is 0 Å². The molecule has 0 aromatic heterocycles. The van der Waals surface area contributed by atoms with Crippen molar-refractivity contribution in [2.24, 2.45) is 0 Å². The molecule has 0 spiro atoms. The summed E-state index contributed by atoms with van der Waals surface area (Å²) in [6, 6.07) is 9.39. The zero-order chi connectivity index (χ0) is 19.0. The normalized spacial score (nSPS) is 16.5. The monoisotopic (exact) mass is 392 g/mol. The molecule has 3 rings (SSSR count). The molecule has 0 fully saturated rings. The maximum atomic E-state index is 13.3. The van der Waals surface area contributed by atoms with Gasteiger partial charge in [0.25, 0.3) is 0 Å². The molecule has 26 heavy (non-hydrogen) atoms. The fourth-order valence-electron chi connectivity index (χ4n) is 2.72. The van der Waals surface area contributed by atoms with Crippen molar-refractivity contribution >= 4 is 19.7 Å². The second-order valence-corrected chi connectivity index (χ2v) is 10.3. The van der Waals surface area contributed by atoms with Crippen molar-refractivity contribution in [2.45, 2.75) is 20.3 Å². The minimum absolute atomic E-state index is 0.130. The lowest BCUT2D eigenvalue weighted by atomic mass is 10.2. The Morgan fingerprint density at radius 2 is 1.00 bits per heavy atom. The molecule has 0 saturated carbocycles. The fraction of sp³-hybridized carbons (Fsp3) is 0.111. The first kappa shape index (κ1) is 18.2. The van der Waals surface area contributed by atoms with Crippen LogP contribution in [-0.2, 0) is 19.7 Å². The van der Waals surface area contributed by atoms with Crippen LogP contribution in [0.25, 0.3) is 0 Å². The summed E-state index contributed by atoms with van der Waals surface area (Å²) in [5.41, 5.74) is 0. The largest absolute Gasteiger partial charge is 0.508 e. The molecule has 0 unspecified atom stereocenters. The third kappa shape index (κ3) is 2.71. The predicted molar refractivity (Wildman–Crippen MR) is 96.2 cm³/mol. The van der Waals surface area contributed by atoms with E-state index in [4.69, 9.17) is 0 Å². The zero-order valence-corrected chi connectivity index (χ0v) is 15.1. The quantitative estimate of drug-likeness (QED) is 0.774. The van der Waals surface area contributed by atoms with Crippen LogP contribution in [0.4, 0.5) is 0 Å². The molecule has 1 aliphatic rings. The maximum Gasteiger partial charge on any atom is 0.218 e. The first-order valence-electron chi connectivity index (χ1n) is 7.63. The molecule has 0 atom stereocenters. The van der Waals surface area contributed by atoms with Crippen LogP contribution in [0.2, 0.25) is 0 Å². The van der Waals surface area contributed by atoms with Crippen LogP contribution in [0.1, 0.15) is 6.42 Å². The van der Waals surface area contributed by atoms with Gasteiger partial charge in [0.15, 0.2) is 0 Å². The highest BCUT2D eigenvalue weighted by molar-refractivity contribution is 8.11. The molecule has 0 heterocycles. The van der Waals surface area contributed by atoms with Crippen molar-refractivity contribution in [3.8, 4) is 11.5 Å². The number of hydrogen-bond acceptors (Lipinski definition) is 6. The van der Waals surface area contributed by atoms with E-state index in [0.29, 0.717) is 6.42 Å². The number of phenols is 2. The molecule has 6 nitrogen and oxygen atoms in total. The summed E-state index contributed by atoms with van der Waals surface area (Å²) in [7, 11) is -8.78. The summed E-state index contributed by atoms with van der Waals surface area (Å²) < 4.78 is 50.9. The number of sulfone groups is 2. The van der Waals surface area contributed by atoms with Gasteiger partial charge < -0.3 is 10.2 Å². The van der Waals surface area contributed by atoms with Gasteiger partial charge in [-0.2, -0.15) is 0 Å². The van der Waals surface area contributed by atoms with Gasteiger partial charge in [-0.1, -0.05) is 12.2 Å². The zero-order valence-electron chi connectivity index (χ0n) is 13.5. The predicted octanol–water partition coefficient (Wildman–Crippen LogP) is 2.56. The Morgan fingerprint density at radius 1 is 0.654 bits per heavy atom. The minimum atomic E-state index is -4.39. The van der Waals surface area contributed by atoms with Crippen molar-refractivity contribution in [2.75, 3.05) is 0 Å². The van der Waals surface area contributed by atoms with E-state index in [0.717, 1.165) is 36.4 Å². The van der Waals surface area contributed by atoms with Crippen molar-refractivity contribution in [3.05, 3.63) is 72.8 Å². The van der Waals surface area contributed by atoms with Crippen LogP contribution >= 0.6 is 0 Å². The summed E-state index contributed by atoms with van der Waals surface area (Å²) in [6.45, 7) is 0. The van der Waals surface area contributed by atoms with E-state index in [1.165, 1.54) is 36.4 Å². The standard InChI is InChI=1S/C18H16O6S2/c19-14-4-8-16(9-5-14)25(21,22)18(12-2-1-3-13-18)26(23,24)17-10-6-15(20)7-11-17/h2-13,19-20H,1H2. The Morgan fingerprint density at radius 3 is 1.35 bits per heavy atom. The van der Waals surface area contributed by atoms with E-state index in [1.54, 1.807) is 0 Å². The third-order valence-electron chi connectivity index (χ3n) is 4.11. The second kappa shape index (κ2) is 6.30. The number of benzene rings is 2. The summed E-state index contributed by atoms with van der Waals surface area (Å²) in [6.07, 6.45) is 5.71.